The van der Waals surface area contributed by atoms with Crippen molar-refractivity contribution in [3.8, 4) is 11.5 Å². The molecule has 0 aliphatic rings. The molecule has 27 heavy (non-hydrogen) atoms. The van der Waals surface area contributed by atoms with E-state index in [1.165, 1.54) is 0 Å². The Bertz CT molecular complexity index is 1020. The number of hydrogen-bond donors (Lipinski definition) is 0. The average molecular weight is 354 g/mol. The maximum atomic E-state index is 6.28. The smallest absolute Gasteiger partial charge is 0.169 e. The molecule has 0 unspecified atom stereocenters. The lowest BCUT2D eigenvalue weighted by Crippen LogP contribution is -2.03. The minimum atomic E-state index is 0.510. The lowest BCUT2D eigenvalue weighted by molar-refractivity contribution is 0.257. The fourth-order valence-corrected chi connectivity index (χ4v) is 3.21. The summed E-state index contributed by atoms with van der Waals surface area (Å²) in [6.07, 6.45) is 0. The minimum absolute atomic E-state index is 0.510. The number of fused-ring (bicyclic) bond motifs is 1. The first-order valence-electron chi connectivity index (χ1n) is 9.17. The van der Waals surface area contributed by atoms with Crippen molar-refractivity contribution >= 4 is 10.8 Å². The zero-order valence-corrected chi connectivity index (χ0v) is 15.4. The normalized spacial score (nSPS) is 10.7. The van der Waals surface area contributed by atoms with Gasteiger partial charge in [-0.3, -0.25) is 0 Å². The van der Waals surface area contributed by atoms with Gasteiger partial charge < -0.3 is 9.47 Å². The summed E-state index contributed by atoms with van der Waals surface area (Å²) in [5.74, 6) is 1.62. The molecule has 0 radical (unpaired) electrons. The average Bonchev–Trinajstić information content (AvgIpc) is 2.72. The molecule has 0 aliphatic carbocycles. The molecule has 4 rings (SSSR count). The third-order valence-electron chi connectivity index (χ3n) is 4.59. The Balaban J connectivity index is 1.68. The van der Waals surface area contributed by atoms with Gasteiger partial charge in [0.25, 0.3) is 0 Å². The van der Waals surface area contributed by atoms with Crippen LogP contribution in [-0.2, 0) is 13.2 Å². The molecule has 4 aromatic carbocycles. The van der Waals surface area contributed by atoms with Crippen LogP contribution in [0.5, 0.6) is 11.5 Å². The molecule has 0 fully saturated rings. The topological polar surface area (TPSA) is 18.5 Å². The maximum absolute atomic E-state index is 6.28. The first-order chi connectivity index (χ1) is 13.3. The van der Waals surface area contributed by atoms with Gasteiger partial charge in [-0.25, -0.2) is 0 Å². The van der Waals surface area contributed by atoms with Crippen LogP contribution >= 0.6 is 0 Å². The Morgan fingerprint density at radius 1 is 0.593 bits per heavy atom. The molecule has 4 aromatic rings. The van der Waals surface area contributed by atoms with E-state index in [0.717, 1.165) is 39.0 Å². The summed E-state index contributed by atoms with van der Waals surface area (Å²) < 4.78 is 12.5. The van der Waals surface area contributed by atoms with E-state index in [-0.39, 0.29) is 0 Å². The van der Waals surface area contributed by atoms with Gasteiger partial charge in [0.2, 0.25) is 0 Å². The van der Waals surface area contributed by atoms with Crippen LogP contribution in [0.3, 0.4) is 0 Å². The zero-order valence-electron chi connectivity index (χ0n) is 15.4. The van der Waals surface area contributed by atoms with Gasteiger partial charge in [-0.15, -0.1) is 0 Å². The highest BCUT2D eigenvalue weighted by Gasteiger charge is 2.14. The Hall–Kier alpha value is -3.26. The van der Waals surface area contributed by atoms with Crippen LogP contribution in [0.1, 0.15) is 16.7 Å². The van der Waals surface area contributed by atoms with Crippen LogP contribution < -0.4 is 9.47 Å². The highest BCUT2D eigenvalue weighted by molar-refractivity contribution is 5.91. The molecule has 0 spiro atoms. The third kappa shape index (κ3) is 3.95. The monoisotopic (exact) mass is 354 g/mol. The molecule has 0 heterocycles. The van der Waals surface area contributed by atoms with E-state index in [1.54, 1.807) is 0 Å². The summed E-state index contributed by atoms with van der Waals surface area (Å²) >= 11 is 0. The van der Waals surface area contributed by atoms with Crippen LogP contribution in [0.25, 0.3) is 10.8 Å². The second-order valence-corrected chi connectivity index (χ2v) is 6.62. The van der Waals surface area contributed by atoms with E-state index in [2.05, 4.69) is 49.4 Å². The van der Waals surface area contributed by atoms with E-state index < -0.39 is 0 Å². The molecule has 0 saturated heterocycles. The molecule has 2 heteroatoms. The molecular formula is C25H22O2. The molecule has 0 aromatic heterocycles. The Kier molecular flexibility index (Phi) is 5.06. The van der Waals surface area contributed by atoms with Crippen molar-refractivity contribution < 1.29 is 9.47 Å². The number of benzene rings is 4. The van der Waals surface area contributed by atoms with Gasteiger partial charge in [-0.05, 0) is 35.1 Å². The van der Waals surface area contributed by atoms with Crippen LogP contribution in [-0.4, -0.2) is 0 Å². The number of aryl methyl sites for hydroxylation is 1. The standard InChI is InChI=1S/C25H22O2/c1-19-16-22-14-8-9-15-23(22)25(27-18-21-12-6-3-7-13-21)24(19)26-17-20-10-4-2-5-11-20/h2-16H,17-18H2,1H3. The fourth-order valence-electron chi connectivity index (χ4n) is 3.21. The predicted molar refractivity (Wildman–Crippen MR) is 110 cm³/mol. The summed E-state index contributed by atoms with van der Waals surface area (Å²) in [5.41, 5.74) is 3.35. The minimum Gasteiger partial charge on any atom is -0.485 e. The highest BCUT2D eigenvalue weighted by Crippen LogP contribution is 2.39. The molecule has 0 bridgehead atoms. The van der Waals surface area contributed by atoms with Crippen molar-refractivity contribution in [1.82, 2.24) is 0 Å². The molecule has 0 amide bonds. The van der Waals surface area contributed by atoms with E-state index in [4.69, 9.17) is 9.47 Å². The van der Waals surface area contributed by atoms with E-state index in [0.29, 0.717) is 13.2 Å². The number of ether oxygens (including phenoxy) is 2. The van der Waals surface area contributed by atoms with Gasteiger partial charge in [-0.2, -0.15) is 0 Å². The quantitative estimate of drug-likeness (QED) is 0.404. The van der Waals surface area contributed by atoms with E-state index >= 15 is 0 Å². The van der Waals surface area contributed by atoms with Gasteiger partial charge in [-0.1, -0.05) is 84.9 Å². The summed E-state index contributed by atoms with van der Waals surface area (Å²) in [4.78, 5) is 0. The van der Waals surface area contributed by atoms with E-state index in [9.17, 15) is 0 Å². The van der Waals surface area contributed by atoms with Crippen molar-refractivity contribution in [2.24, 2.45) is 0 Å². The molecule has 2 nitrogen and oxygen atoms in total. The first kappa shape index (κ1) is 17.2. The van der Waals surface area contributed by atoms with Crippen LogP contribution in [0.15, 0.2) is 91.0 Å². The maximum Gasteiger partial charge on any atom is 0.169 e. The molecule has 0 atom stereocenters. The largest absolute Gasteiger partial charge is 0.485 e. The van der Waals surface area contributed by atoms with Crippen molar-refractivity contribution in [2.45, 2.75) is 20.1 Å². The molecular weight excluding hydrogens is 332 g/mol. The summed E-state index contributed by atoms with van der Waals surface area (Å²) in [6, 6.07) is 30.9. The Labute approximate surface area is 160 Å². The second-order valence-electron chi connectivity index (χ2n) is 6.62. The van der Waals surface area contributed by atoms with Crippen molar-refractivity contribution in [3.63, 3.8) is 0 Å². The summed E-state index contributed by atoms with van der Waals surface area (Å²) in [7, 11) is 0. The van der Waals surface area contributed by atoms with Crippen LogP contribution in [0.4, 0.5) is 0 Å². The summed E-state index contributed by atoms with van der Waals surface area (Å²) in [6.45, 7) is 3.10. The lowest BCUT2D eigenvalue weighted by Gasteiger charge is -2.18. The molecule has 0 aliphatic heterocycles. The first-order valence-corrected chi connectivity index (χ1v) is 9.17. The second kappa shape index (κ2) is 7.96. The fraction of sp³-hybridized carbons (Fsp3) is 0.120. The SMILES string of the molecule is Cc1cc2ccccc2c(OCc2ccccc2)c1OCc1ccccc1. The summed E-state index contributed by atoms with van der Waals surface area (Å²) in [5, 5.41) is 2.23. The van der Waals surface area contributed by atoms with Gasteiger partial charge >= 0.3 is 0 Å². The van der Waals surface area contributed by atoms with Crippen LogP contribution in [0.2, 0.25) is 0 Å². The van der Waals surface area contributed by atoms with Gasteiger partial charge in [0.05, 0.1) is 0 Å². The van der Waals surface area contributed by atoms with Crippen molar-refractivity contribution in [2.75, 3.05) is 0 Å². The van der Waals surface area contributed by atoms with E-state index in [1.807, 2.05) is 48.5 Å². The molecule has 134 valence electrons. The third-order valence-corrected chi connectivity index (χ3v) is 4.59. The number of rotatable bonds is 6. The van der Waals surface area contributed by atoms with Gasteiger partial charge in [0.1, 0.15) is 13.2 Å². The predicted octanol–water partition coefficient (Wildman–Crippen LogP) is 6.31. The molecule has 0 N–H and O–H groups in total. The van der Waals surface area contributed by atoms with Crippen LogP contribution in [0, 0.1) is 6.92 Å². The zero-order chi connectivity index (χ0) is 18.5. The molecule has 0 saturated carbocycles. The lowest BCUT2D eigenvalue weighted by atomic mass is 10.0. The van der Waals surface area contributed by atoms with Crippen molar-refractivity contribution in [3.05, 3.63) is 108 Å². The van der Waals surface area contributed by atoms with Crippen molar-refractivity contribution in [1.29, 1.82) is 0 Å². The Morgan fingerprint density at radius 2 is 1.11 bits per heavy atom. The Morgan fingerprint density at radius 3 is 1.74 bits per heavy atom. The highest BCUT2D eigenvalue weighted by atomic mass is 16.5. The van der Waals surface area contributed by atoms with Gasteiger partial charge in [0, 0.05) is 5.39 Å². The number of hydrogen-bond acceptors (Lipinski definition) is 2. The van der Waals surface area contributed by atoms with Gasteiger partial charge in [0.15, 0.2) is 11.5 Å².